The van der Waals surface area contributed by atoms with E-state index in [-0.39, 0.29) is 0 Å². The van der Waals surface area contributed by atoms with Crippen molar-refractivity contribution in [2.75, 3.05) is 0 Å². The lowest BCUT2D eigenvalue weighted by atomic mass is 10.3. The van der Waals surface area contributed by atoms with E-state index in [1.165, 1.54) is 0 Å². The van der Waals surface area contributed by atoms with E-state index in [9.17, 15) is 13.2 Å². The highest BCUT2D eigenvalue weighted by Gasteiger charge is 2.23. The number of amides is 1. The van der Waals surface area contributed by atoms with Crippen LogP contribution in [-0.2, 0) is 19.2 Å². The molecule has 0 unspecified atom stereocenters. The maximum Gasteiger partial charge on any atom is 0.290 e. The maximum absolute atomic E-state index is 11.3. The molecule has 0 aromatic carbocycles. The lowest BCUT2D eigenvalue weighted by Crippen LogP contribution is -2.31. The first-order valence-corrected chi connectivity index (χ1v) is 5.79. The van der Waals surface area contributed by atoms with E-state index in [2.05, 4.69) is 10.9 Å². The molecule has 0 aliphatic carbocycles. The third-order valence-corrected chi connectivity index (χ3v) is 3.56. The number of carbonyl (C=O) groups is 1. The van der Waals surface area contributed by atoms with Crippen LogP contribution in [0, 0.1) is 0 Å². The van der Waals surface area contributed by atoms with E-state index < -0.39 is 21.3 Å². The minimum Gasteiger partial charge on any atom is -0.268 e. The van der Waals surface area contributed by atoms with Gasteiger partial charge in [0, 0.05) is 0 Å². The van der Waals surface area contributed by atoms with Crippen molar-refractivity contribution in [2.24, 2.45) is 0 Å². The summed E-state index contributed by atoms with van der Waals surface area (Å²) in [4.78, 5) is 10.6. The predicted molar refractivity (Wildman–Crippen MR) is 52.7 cm³/mol. The van der Waals surface area contributed by atoms with Crippen molar-refractivity contribution in [1.82, 2.24) is 5.48 Å². The number of nitrogens with one attached hydrogen (secondary N) is 1. The molecule has 0 spiro atoms. The van der Waals surface area contributed by atoms with Gasteiger partial charge in [-0.1, -0.05) is 20.4 Å². The van der Waals surface area contributed by atoms with Gasteiger partial charge in [-0.2, -0.15) is 8.42 Å². The first-order valence-electron chi connectivity index (χ1n) is 4.32. The molecular formula is C8H15NO4S. The minimum absolute atomic E-state index is 0.447. The van der Waals surface area contributed by atoms with Gasteiger partial charge in [0.15, 0.2) is 0 Å². The van der Waals surface area contributed by atoms with Crippen LogP contribution < -0.4 is 5.48 Å². The van der Waals surface area contributed by atoms with E-state index in [1.807, 2.05) is 0 Å². The molecule has 1 amide bonds. The first-order chi connectivity index (χ1) is 6.47. The van der Waals surface area contributed by atoms with E-state index >= 15 is 0 Å². The van der Waals surface area contributed by atoms with Gasteiger partial charge >= 0.3 is 0 Å². The number of hydroxylamine groups is 1. The number of hydrogen-bond acceptors (Lipinski definition) is 4. The van der Waals surface area contributed by atoms with Gasteiger partial charge in [0.25, 0.3) is 16.0 Å². The van der Waals surface area contributed by atoms with Crippen molar-refractivity contribution in [3.8, 4) is 0 Å². The van der Waals surface area contributed by atoms with Gasteiger partial charge in [-0.25, -0.2) is 5.48 Å². The standard InChI is InChI=1S/C8H15NO4S/c1-4-7(5-2)14(11,12)13-9-8(10)6-3/h6-7H,3-5H2,1-2H3,(H,9,10). The Morgan fingerprint density at radius 2 is 2.00 bits per heavy atom. The molecular weight excluding hydrogens is 206 g/mol. The third-order valence-electron chi connectivity index (χ3n) is 1.76. The topological polar surface area (TPSA) is 72.5 Å². The summed E-state index contributed by atoms with van der Waals surface area (Å²) in [5.74, 6) is -0.681. The van der Waals surface area contributed by atoms with Gasteiger partial charge in [-0.15, -0.1) is 4.28 Å². The van der Waals surface area contributed by atoms with Crippen LogP contribution in [0.1, 0.15) is 26.7 Å². The zero-order valence-electron chi connectivity index (χ0n) is 8.32. The maximum atomic E-state index is 11.3. The van der Waals surface area contributed by atoms with Crippen LogP contribution in [0.3, 0.4) is 0 Å². The molecule has 0 heterocycles. The zero-order valence-corrected chi connectivity index (χ0v) is 9.13. The van der Waals surface area contributed by atoms with E-state index in [1.54, 1.807) is 19.3 Å². The average Bonchev–Trinajstić information content (AvgIpc) is 2.15. The fourth-order valence-electron chi connectivity index (χ4n) is 0.906. The molecule has 5 nitrogen and oxygen atoms in total. The van der Waals surface area contributed by atoms with Gasteiger partial charge < -0.3 is 0 Å². The fourth-order valence-corrected chi connectivity index (χ4v) is 2.06. The molecule has 0 atom stereocenters. The van der Waals surface area contributed by atoms with E-state index in [0.717, 1.165) is 6.08 Å². The summed E-state index contributed by atoms with van der Waals surface area (Å²) < 4.78 is 27.0. The minimum atomic E-state index is -3.71. The van der Waals surface area contributed by atoms with Crippen LogP contribution >= 0.6 is 0 Å². The predicted octanol–water partition coefficient (Wildman–Crippen LogP) is 0.739. The summed E-state index contributed by atoms with van der Waals surface area (Å²) in [7, 11) is -3.71. The van der Waals surface area contributed by atoms with Gasteiger partial charge in [-0.3, -0.25) is 4.79 Å². The molecule has 0 aliphatic heterocycles. The van der Waals surface area contributed by atoms with Crippen LogP contribution in [0.25, 0.3) is 0 Å². The number of rotatable bonds is 6. The van der Waals surface area contributed by atoms with Crippen molar-refractivity contribution < 1.29 is 17.5 Å². The molecule has 1 N–H and O–H groups in total. The normalized spacial score (nSPS) is 11.4. The SMILES string of the molecule is C=CC(=O)NOS(=O)(=O)C(CC)CC. The lowest BCUT2D eigenvalue weighted by Gasteiger charge is -2.12. The van der Waals surface area contributed by atoms with Crippen LogP contribution in [0.4, 0.5) is 0 Å². The van der Waals surface area contributed by atoms with Gasteiger partial charge in [0.2, 0.25) is 0 Å². The molecule has 0 saturated heterocycles. The summed E-state index contributed by atoms with van der Waals surface area (Å²) in [6.07, 6.45) is 1.83. The summed E-state index contributed by atoms with van der Waals surface area (Å²) in [6, 6.07) is 0. The van der Waals surface area contributed by atoms with Gasteiger partial charge in [0.1, 0.15) is 0 Å². The second-order valence-electron chi connectivity index (χ2n) is 2.69. The van der Waals surface area contributed by atoms with E-state index in [4.69, 9.17) is 0 Å². The molecule has 0 radical (unpaired) electrons. The van der Waals surface area contributed by atoms with Crippen LogP contribution in [0.5, 0.6) is 0 Å². The summed E-state index contributed by atoms with van der Waals surface area (Å²) in [5.41, 5.74) is 1.78. The highest BCUT2D eigenvalue weighted by atomic mass is 32.2. The van der Waals surface area contributed by atoms with Crippen LogP contribution in [0.15, 0.2) is 12.7 Å². The highest BCUT2D eigenvalue weighted by molar-refractivity contribution is 7.87. The molecule has 0 saturated carbocycles. The van der Waals surface area contributed by atoms with Crippen molar-refractivity contribution in [2.45, 2.75) is 31.9 Å². The van der Waals surface area contributed by atoms with Gasteiger partial charge in [-0.05, 0) is 18.9 Å². The summed E-state index contributed by atoms with van der Waals surface area (Å²) >= 11 is 0. The average molecular weight is 221 g/mol. The molecule has 82 valence electrons. The van der Waals surface area contributed by atoms with Crippen LogP contribution in [-0.4, -0.2) is 19.6 Å². The molecule has 0 rings (SSSR count). The molecule has 0 aromatic heterocycles. The van der Waals surface area contributed by atoms with Gasteiger partial charge in [0.05, 0.1) is 5.25 Å². The van der Waals surface area contributed by atoms with Crippen molar-refractivity contribution in [3.63, 3.8) is 0 Å². The molecule has 14 heavy (non-hydrogen) atoms. The fraction of sp³-hybridized carbons (Fsp3) is 0.625. The zero-order chi connectivity index (χ0) is 11.2. The van der Waals surface area contributed by atoms with Crippen LogP contribution in [0.2, 0.25) is 0 Å². The van der Waals surface area contributed by atoms with Crippen molar-refractivity contribution in [3.05, 3.63) is 12.7 Å². The van der Waals surface area contributed by atoms with Crippen molar-refractivity contribution in [1.29, 1.82) is 0 Å². The largest absolute Gasteiger partial charge is 0.290 e. The Kier molecular flexibility index (Phi) is 5.40. The monoisotopic (exact) mass is 221 g/mol. The quantitative estimate of drug-likeness (QED) is 0.530. The third kappa shape index (κ3) is 3.89. The Balaban J connectivity index is 4.34. The Labute approximate surface area is 84.2 Å². The lowest BCUT2D eigenvalue weighted by molar-refractivity contribution is -0.122. The second kappa shape index (κ2) is 5.77. The van der Waals surface area contributed by atoms with E-state index in [0.29, 0.717) is 12.8 Å². The Morgan fingerprint density at radius 3 is 2.36 bits per heavy atom. The molecule has 0 aromatic rings. The first kappa shape index (κ1) is 13.1. The molecule has 6 heteroatoms. The molecule has 0 fully saturated rings. The molecule has 0 aliphatic rings. The Bertz CT molecular complexity index is 292. The second-order valence-corrected chi connectivity index (χ2v) is 4.50. The Morgan fingerprint density at radius 1 is 1.50 bits per heavy atom. The molecule has 0 bridgehead atoms. The number of carbonyl (C=O) groups excluding carboxylic acids is 1. The summed E-state index contributed by atoms with van der Waals surface area (Å²) in [6.45, 7) is 6.64. The highest BCUT2D eigenvalue weighted by Crippen LogP contribution is 2.10. The Hall–Kier alpha value is -0.880. The number of hydrogen-bond donors (Lipinski definition) is 1. The smallest absolute Gasteiger partial charge is 0.268 e. The van der Waals surface area contributed by atoms with Crippen molar-refractivity contribution >= 4 is 16.0 Å². The summed E-state index contributed by atoms with van der Waals surface area (Å²) in [5, 5.41) is -0.590.